The molecule has 0 N–H and O–H groups in total. The Kier molecular flexibility index (Phi) is 6.06. The zero-order valence-corrected chi connectivity index (χ0v) is 18.7. The molecule has 0 fully saturated rings. The number of nitrogens with zero attached hydrogens (tertiary/aromatic N) is 1. The van der Waals surface area contributed by atoms with Gasteiger partial charge in [0.1, 0.15) is 5.75 Å². The van der Waals surface area contributed by atoms with Crippen molar-refractivity contribution < 1.29 is 17.9 Å². The monoisotopic (exact) mass is 445 g/mol. The first kappa shape index (κ1) is 21.7. The summed E-state index contributed by atoms with van der Waals surface area (Å²) in [5, 5.41) is 0.420. The number of benzene rings is 3. The van der Waals surface area contributed by atoms with Gasteiger partial charge in [0, 0.05) is 17.1 Å². The van der Waals surface area contributed by atoms with E-state index in [9.17, 15) is 13.2 Å². The zero-order chi connectivity index (χ0) is 22.7. The number of ketones is 1. The number of aromatic nitrogens is 1. The van der Waals surface area contributed by atoms with E-state index in [4.69, 9.17) is 4.74 Å². The maximum Gasteiger partial charge on any atom is 0.208 e. The summed E-state index contributed by atoms with van der Waals surface area (Å²) in [6.07, 6.45) is 2.16. The summed E-state index contributed by atoms with van der Waals surface area (Å²) in [5.41, 5.74) is 1.96. The highest BCUT2D eigenvalue weighted by Crippen LogP contribution is 2.32. The molecule has 0 atom stereocenters. The van der Waals surface area contributed by atoms with Crippen molar-refractivity contribution in [1.29, 1.82) is 0 Å². The molecule has 0 aliphatic heterocycles. The van der Waals surface area contributed by atoms with Crippen LogP contribution in [-0.2, 0) is 16.3 Å². The lowest BCUT2D eigenvalue weighted by molar-refractivity contribution is 0.103. The highest BCUT2D eigenvalue weighted by Gasteiger charge is 2.28. The Bertz CT molecular complexity index is 1380. The van der Waals surface area contributed by atoms with Gasteiger partial charge >= 0.3 is 0 Å². The summed E-state index contributed by atoms with van der Waals surface area (Å²) in [6, 6.07) is 20.4. The molecule has 0 radical (unpaired) electrons. The van der Waals surface area contributed by atoms with Crippen LogP contribution in [0.1, 0.15) is 35.3 Å². The first-order valence-electron chi connectivity index (χ1n) is 10.4. The fourth-order valence-corrected chi connectivity index (χ4v) is 5.24. The van der Waals surface area contributed by atoms with Crippen LogP contribution in [0.3, 0.4) is 0 Å². The van der Waals surface area contributed by atoms with E-state index in [1.807, 2.05) is 13.8 Å². The first-order valence-corrected chi connectivity index (χ1v) is 11.9. The molecule has 0 saturated heterocycles. The molecule has 3 aromatic carbocycles. The number of fused-ring (bicyclic) bond motifs is 1. The molecule has 162 valence electrons. The van der Waals surface area contributed by atoms with E-state index in [1.165, 1.54) is 6.20 Å². The fraction of sp³-hybridized carbons (Fsp3) is 0.154. The van der Waals surface area contributed by atoms with Crippen molar-refractivity contribution in [2.75, 3.05) is 6.61 Å². The normalized spacial score (nSPS) is 11.4. The van der Waals surface area contributed by atoms with Crippen molar-refractivity contribution in [3.8, 4) is 5.75 Å². The van der Waals surface area contributed by atoms with Crippen LogP contribution >= 0.6 is 0 Å². The van der Waals surface area contributed by atoms with Crippen molar-refractivity contribution in [2.45, 2.75) is 30.1 Å². The Balaban J connectivity index is 1.90. The van der Waals surface area contributed by atoms with Crippen molar-refractivity contribution in [1.82, 2.24) is 4.98 Å². The van der Waals surface area contributed by atoms with Crippen molar-refractivity contribution in [2.24, 2.45) is 0 Å². The third kappa shape index (κ3) is 4.01. The molecule has 0 unspecified atom stereocenters. The minimum absolute atomic E-state index is 0.0220. The Morgan fingerprint density at radius 1 is 0.906 bits per heavy atom. The smallest absolute Gasteiger partial charge is 0.208 e. The molecule has 0 aliphatic rings. The van der Waals surface area contributed by atoms with Gasteiger partial charge in [0.25, 0.3) is 0 Å². The van der Waals surface area contributed by atoms with Gasteiger partial charge < -0.3 is 4.74 Å². The van der Waals surface area contributed by atoms with Crippen LogP contribution in [0.25, 0.3) is 10.9 Å². The van der Waals surface area contributed by atoms with Gasteiger partial charge in [-0.1, -0.05) is 37.3 Å². The predicted octanol–water partition coefficient (Wildman–Crippen LogP) is 5.26. The number of aryl methyl sites for hydroxylation is 1. The number of rotatable bonds is 7. The molecule has 0 bridgehead atoms. The van der Waals surface area contributed by atoms with Gasteiger partial charge in [-0.15, -0.1) is 0 Å². The van der Waals surface area contributed by atoms with Gasteiger partial charge in [-0.25, -0.2) is 8.42 Å². The van der Waals surface area contributed by atoms with Crippen molar-refractivity contribution in [3.63, 3.8) is 0 Å². The van der Waals surface area contributed by atoms with E-state index in [0.29, 0.717) is 28.8 Å². The molecule has 1 heterocycles. The lowest BCUT2D eigenvalue weighted by atomic mass is 10.0. The van der Waals surface area contributed by atoms with Gasteiger partial charge in [-0.05, 0) is 61.4 Å². The minimum atomic E-state index is -3.98. The molecule has 0 saturated carbocycles. The number of para-hydroxylation sites is 1. The predicted molar refractivity (Wildman–Crippen MR) is 124 cm³/mol. The largest absolute Gasteiger partial charge is 0.494 e. The van der Waals surface area contributed by atoms with Crippen LogP contribution in [0.15, 0.2) is 88.8 Å². The first-order chi connectivity index (χ1) is 15.5. The molecule has 32 heavy (non-hydrogen) atoms. The topological polar surface area (TPSA) is 73.3 Å². The van der Waals surface area contributed by atoms with E-state index >= 15 is 0 Å². The third-order valence-corrected chi connectivity index (χ3v) is 7.18. The molecule has 0 spiro atoms. The molecular formula is C26H23NO4S. The zero-order valence-electron chi connectivity index (χ0n) is 17.9. The number of carbonyl (C=O) groups excluding carboxylic acids is 1. The summed E-state index contributed by atoms with van der Waals surface area (Å²) in [7, 11) is -3.98. The van der Waals surface area contributed by atoms with Crippen molar-refractivity contribution >= 4 is 26.5 Å². The molecule has 0 aliphatic carbocycles. The average Bonchev–Trinajstić information content (AvgIpc) is 2.83. The average molecular weight is 446 g/mol. The maximum atomic E-state index is 13.7. The summed E-state index contributed by atoms with van der Waals surface area (Å²) in [4.78, 5) is 17.9. The van der Waals surface area contributed by atoms with Crippen LogP contribution < -0.4 is 4.74 Å². The Morgan fingerprint density at radius 2 is 1.59 bits per heavy atom. The SMILES string of the molecule is CCOc1ccc(C(=O)c2cnc3ccccc3c2S(=O)(=O)c2ccc(CC)cc2)cc1. The summed E-state index contributed by atoms with van der Waals surface area (Å²) in [5.74, 6) is 0.236. The van der Waals surface area contributed by atoms with Crippen LogP contribution in [-0.4, -0.2) is 25.8 Å². The van der Waals surface area contributed by atoms with Gasteiger partial charge in [0.2, 0.25) is 9.84 Å². The maximum absolute atomic E-state index is 13.7. The number of carbonyl (C=O) groups is 1. The van der Waals surface area contributed by atoms with E-state index in [0.717, 1.165) is 12.0 Å². The summed E-state index contributed by atoms with van der Waals surface area (Å²) < 4.78 is 32.9. The lowest BCUT2D eigenvalue weighted by Crippen LogP contribution is -2.12. The molecule has 0 amide bonds. The lowest BCUT2D eigenvalue weighted by Gasteiger charge is -2.13. The summed E-state index contributed by atoms with van der Waals surface area (Å²) in [6.45, 7) is 4.40. The Labute approximate surface area is 187 Å². The Morgan fingerprint density at radius 3 is 2.25 bits per heavy atom. The van der Waals surface area contributed by atoms with Gasteiger partial charge in [0.05, 0.1) is 27.5 Å². The molecule has 4 aromatic rings. The number of hydrogen-bond acceptors (Lipinski definition) is 5. The number of ether oxygens (including phenoxy) is 1. The van der Waals surface area contributed by atoms with Crippen LogP contribution in [0.5, 0.6) is 5.75 Å². The van der Waals surface area contributed by atoms with E-state index in [2.05, 4.69) is 4.98 Å². The second-order valence-electron chi connectivity index (χ2n) is 7.31. The standard InChI is InChI=1S/C26H23NO4S/c1-3-18-9-15-21(16-10-18)32(29,30)26-22-7-5-6-8-24(22)27-17-23(26)25(28)19-11-13-20(14-12-19)31-4-2/h5-17H,3-4H2,1-2H3. The molecular weight excluding hydrogens is 422 g/mol. The fourth-order valence-electron chi connectivity index (χ4n) is 3.61. The van der Waals surface area contributed by atoms with Gasteiger partial charge in [0.15, 0.2) is 5.78 Å². The minimum Gasteiger partial charge on any atom is -0.494 e. The van der Waals surface area contributed by atoms with Crippen LogP contribution in [0.4, 0.5) is 0 Å². The molecule has 6 heteroatoms. The second-order valence-corrected chi connectivity index (χ2v) is 9.19. The second kappa shape index (κ2) is 8.93. The number of sulfone groups is 1. The van der Waals surface area contributed by atoms with Gasteiger partial charge in [-0.2, -0.15) is 0 Å². The molecule has 5 nitrogen and oxygen atoms in total. The highest BCUT2D eigenvalue weighted by molar-refractivity contribution is 7.91. The van der Waals surface area contributed by atoms with Crippen molar-refractivity contribution in [3.05, 3.63) is 95.7 Å². The quantitative estimate of drug-likeness (QED) is 0.363. The number of pyridine rings is 1. The summed E-state index contributed by atoms with van der Waals surface area (Å²) >= 11 is 0. The number of hydrogen-bond donors (Lipinski definition) is 0. The highest BCUT2D eigenvalue weighted by atomic mass is 32.2. The van der Waals surface area contributed by atoms with E-state index in [1.54, 1.807) is 72.8 Å². The molecule has 4 rings (SSSR count). The van der Waals surface area contributed by atoms with Gasteiger partial charge in [-0.3, -0.25) is 9.78 Å². The molecule has 1 aromatic heterocycles. The third-order valence-electron chi connectivity index (χ3n) is 5.31. The van der Waals surface area contributed by atoms with Crippen LogP contribution in [0.2, 0.25) is 0 Å². The van der Waals surface area contributed by atoms with Crippen LogP contribution in [0, 0.1) is 0 Å². The Hall–Kier alpha value is -3.51. The van der Waals surface area contributed by atoms with E-state index < -0.39 is 15.6 Å². The van der Waals surface area contributed by atoms with E-state index in [-0.39, 0.29) is 15.4 Å².